The zero-order chi connectivity index (χ0) is 17.6. The van der Waals surface area contributed by atoms with Crippen molar-refractivity contribution in [3.63, 3.8) is 0 Å². The Bertz CT molecular complexity index is 515. The summed E-state index contributed by atoms with van der Waals surface area (Å²) >= 11 is 0. The summed E-state index contributed by atoms with van der Waals surface area (Å²) in [6, 6.07) is 0. The molecule has 2 atom stereocenters. The van der Waals surface area contributed by atoms with Crippen molar-refractivity contribution in [1.29, 1.82) is 0 Å². The normalized spacial score (nSPS) is 28.1. The first-order valence-electron chi connectivity index (χ1n) is 7.92. The molecule has 0 aromatic rings. The number of rotatable bonds is 5. The molecule has 132 valence electrons. The molecule has 1 saturated heterocycles. The second-order valence-electron chi connectivity index (χ2n) is 8.32. The van der Waals surface area contributed by atoms with Crippen LogP contribution >= 0.6 is 0 Å². The van der Waals surface area contributed by atoms with Gasteiger partial charge in [0, 0.05) is 0 Å². The first-order chi connectivity index (χ1) is 10.3. The molecule has 0 saturated carbocycles. The van der Waals surface area contributed by atoms with Crippen LogP contribution in [0.15, 0.2) is 11.5 Å². The van der Waals surface area contributed by atoms with Gasteiger partial charge in [0.1, 0.15) is 6.10 Å². The number of carbonyl (C=O) groups is 1. The van der Waals surface area contributed by atoms with Crippen LogP contribution in [0.2, 0.25) is 39.3 Å². The Kier molecular flexibility index (Phi) is 4.75. The van der Waals surface area contributed by atoms with E-state index in [0.29, 0.717) is 12.4 Å². The van der Waals surface area contributed by atoms with E-state index in [1.807, 2.05) is 33.5 Å². The molecule has 2 heterocycles. The first kappa shape index (κ1) is 18.5. The summed E-state index contributed by atoms with van der Waals surface area (Å²) in [4.78, 5) is 12.3. The Balaban J connectivity index is 2.33. The minimum absolute atomic E-state index is 0.213. The highest BCUT2D eigenvalue weighted by Crippen LogP contribution is 2.36. The Hall–Kier alpha value is -0.836. The standard InChI is InChI=1S/C15H28O6Si2/c1-15(2)17-9-10(19-15)11-12(20-22(3,4)5)13(14(16)18-11)21-23(6,7)8/h10-11H,9H2,1-8H3. The second-order valence-corrected chi connectivity index (χ2v) is 17.2. The number of hydrogen-bond donors (Lipinski definition) is 0. The fourth-order valence-electron chi connectivity index (χ4n) is 2.39. The molecule has 1 fully saturated rings. The highest BCUT2D eigenvalue weighted by molar-refractivity contribution is 6.70. The lowest BCUT2D eigenvalue weighted by atomic mass is 10.2. The van der Waals surface area contributed by atoms with Crippen molar-refractivity contribution in [1.82, 2.24) is 0 Å². The molecule has 2 unspecified atom stereocenters. The van der Waals surface area contributed by atoms with Crippen LogP contribution in [0.25, 0.3) is 0 Å². The maximum Gasteiger partial charge on any atom is 0.376 e. The Morgan fingerprint density at radius 2 is 1.61 bits per heavy atom. The maximum absolute atomic E-state index is 12.3. The fraction of sp³-hybridized carbons (Fsp3) is 0.800. The van der Waals surface area contributed by atoms with E-state index in [4.69, 9.17) is 23.1 Å². The topological polar surface area (TPSA) is 63.2 Å². The molecule has 0 aliphatic carbocycles. The molecule has 23 heavy (non-hydrogen) atoms. The van der Waals surface area contributed by atoms with Gasteiger partial charge in [-0.15, -0.1) is 0 Å². The van der Waals surface area contributed by atoms with Gasteiger partial charge in [-0.25, -0.2) is 4.79 Å². The molecule has 2 aliphatic heterocycles. The zero-order valence-electron chi connectivity index (χ0n) is 15.3. The van der Waals surface area contributed by atoms with Gasteiger partial charge in [-0.1, -0.05) is 0 Å². The van der Waals surface area contributed by atoms with Crippen molar-refractivity contribution in [3.8, 4) is 0 Å². The fourth-order valence-corrected chi connectivity index (χ4v) is 4.06. The second kappa shape index (κ2) is 5.91. The summed E-state index contributed by atoms with van der Waals surface area (Å²) in [5.74, 6) is -0.476. The van der Waals surface area contributed by atoms with Gasteiger partial charge >= 0.3 is 5.97 Å². The number of ether oxygens (including phenoxy) is 3. The zero-order valence-corrected chi connectivity index (χ0v) is 17.3. The van der Waals surface area contributed by atoms with Gasteiger partial charge in [-0.3, -0.25) is 0 Å². The SMILES string of the molecule is CC1(C)OCC(C2OC(=O)C(O[Si](C)(C)C)=C2O[Si](C)(C)C)O1. The number of esters is 1. The largest absolute Gasteiger partial charge is 0.542 e. The van der Waals surface area contributed by atoms with E-state index in [1.165, 1.54) is 0 Å². The molecule has 0 spiro atoms. The summed E-state index contributed by atoms with van der Waals surface area (Å²) < 4.78 is 29.1. The van der Waals surface area contributed by atoms with Crippen molar-refractivity contribution >= 4 is 22.6 Å². The molecule has 2 rings (SSSR count). The van der Waals surface area contributed by atoms with E-state index in [-0.39, 0.29) is 11.9 Å². The lowest BCUT2D eigenvalue weighted by Gasteiger charge is -2.27. The van der Waals surface area contributed by atoms with Gasteiger partial charge in [-0.2, -0.15) is 0 Å². The molecule has 0 bridgehead atoms. The van der Waals surface area contributed by atoms with Gasteiger partial charge in [0.25, 0.3) is 0 Å². The third kappa shape index (κ3) is 4.82. The van der Waals surface area contributed by atoms with E-state index >= 15 is 0 Å². The molecular weight excluding hydrogens is 332 g/mol. The average Bonchev–Trinajstić information content (AvgIpc) is 2.80. The maximum atomic E-state index is 12.3. The summed E-state index contributed by atoms with van der Waals surface area (Å²) in [6.07, 6.45) is -0.995. The third-order valence-electron chi connectivity index (χ3n) is 3.09. The minimum Gasteiger partial charge on any atom is -0.542 e. The molecule has 0 amide bonds. The predicted octanol–water partition coefficient (Wildman–Crippen LogP) is 2.98. The highest BCUT2D eigenvalue weighted by Gasteiger charge is 2.49. The summed E-state index contributed by atoms with van der Waals surface area (Å²) in [5.41, 5.74) is 0. The van der Waals surface area contributed by atoms with Crippen LogP contribution < -0.4 is 0 Å². The molecule has 2 aliphatic rings. The highest BCUT2D eigenvalue weighted by atomic mass is 28.4. The Labute approximate surface area is 140 Å². The van der Waals surface area contributed by atoms with E-state index in [0.717, 1.165) is 0 Å². The van der Waals surface area contributed by atoms with E-state index < -0.39 is 34.5 Å². The van der Waals surface area contributed by atoms with Crippen LogP contribution in [0.1, 0.15) is 13.8 Å². The molecule has 0 radical (unpaired) electrons. The molecule has 8 heteroatoms. The molecular formula is C15H28O6Si2. The van der Waals surface area contributed by atoms with Crippen LogP contribution in [0.5, 0.6) is 0 Å². The predicted molar refractivity (Wildman–Crippen MR) is 90.7 cm³/mol. The molecule has 0 aromatic heterocycles. The Morgan fingerprint density at radius 1 is 1.04 bits per heavy atom. The summed E-state index contributed by atoms with van der Waals surface area (Å²) in [6.45, 7) is 16.3. The van der Waals surface area contributed by atoms with Crippen molar-refractivity contribution in [3.05, 3.63) is 11.5 Å². The van der Waals surface area contributed by atoms with Crippen LogP contribution in [0.4, 0.5) is 0 Å². The Morgan fingerprint density at radius 3 is 2.04 bits per heavy atom. The third-order valence-corrected chi connectivity index (χ3v) is 4.74. The molecule has 6 nitrogen and oxygen atoms in total. The van der Waals surface area contributed by atoms with Gasteiger partial charge < -0.3 is 23.1 Å². The van der Waals surface area contributed by atoms with Gasteiger partial charge in [0.2, 0.25) is 22.4 Å². The van der Waals surface area contributed by atoms with Crippen molar-refractivity contribution in [2.45, 2.75) is 71.1 Å². The monoisotopic (exact) mass is 360 g/mol. The summed E-state index contributed by atoms with van der Waals surface area (Å²) in [5, 5.41) is 0. The van der Waals surface area contributed by atoms with Gasteiger partial charge in [0.15, 0.2) is 17.7 Å². The minimum atomic E-state index is -1.97. The number of cyclic esters (lactones) is 1. The number of hydrogen-bond acceptors (Lipinski definition) is 6. The van der Waals surface area contributed by atoms with E-state index in [9.17, 15) is 4.79 Å². The lowest BCUT2D eigenvalue weighted by molar-refractivity contribution is -0.162. The van der Waals surface area contributed by atoms with Crippen molar-refractivity contribution in [2.24, 2.45) is 0 Å². The quantitative estimate of drug-likeness (QED) is 0.555. The van der Waals surface area contributed by atoms with Gasteiger partial charge in [0.05, 0.1) is 6.61 Å². The van der Waals surface area contributed by atoms with Crippen LogP contribution in [0.3, 0.4) is 0 Å². The summed E-state index contributed by atoms with van der Waals surface area (Å²) in [7, 11) is -3.92. The molecule has 0 aromatic carbocycles. The van der Waals surface area contributed by atoms with Crippen LogP contribution in [-0.2, 0) is 27.9 Å². The van der Waals surface area contributed by atoms with Crippen LogP contribution in [0, 0.1) is 0 Å². The van der Waals surface area contributed by atoms with Crippen molar-refractivity contribution < 1.29 is 27.9 Å². The smallest absolute Gasteiger partial charge is 0.376 e. The van der Waals surface area contributed by atoms with E-state index in [1.54, 1.807) is 0 Å². The van der Waals surface area contributed by atoms with E-state index in [2.05, 4.69) is 19.6 Å². The van der Waals surface area contributed by atoms with Crippen LogP contribution in [-0.4, -0.2) is 47.2 Å². The average molecular weight is 361 g/mol. The van der Waals surface area contributed by atoms with Crippen molar-refractivity contribution in [2.75, 3.05) is 6.61 Å². The molecule has 0 N–H and O–H groups in total. The van der Waals surface area contributed by atoms with Gasteiger partial charge in [-0.05, 0) is 53.1 Å². The number of carbonyl (C=O) groups excluding carboxylic acids is 1. The lowest BCUT2D eigenvalue weighted by Crippen LogP contribution is -2.37. The first-order valence-corrected chi connectivity index (χ1v) is 14.7.